The first kappa shape index (κ1) is 17.8. The van der Waals surface area contributed by atoms with Crippen LogP contribution in [-0.2, 0) is 11.0 Å². The number of rotatable bonds is 6. The van der Waals surface area contributed by atoms with E-state index in [1.807, 2.05) is 0 Å². The van der Waals surface area contributed by atoms with Crippen molar-refractivity contribution in [1.82, 2.24) is 10.6 Å². The Hall–Kier alpha value is -1.56. The molecule has 23 heavy (non-hydrogen) atoms. The number of hydrogen-bond donors (Lipinski definition) is 2. The average molecular weight is 328 g/mol. The molecule has 1 saturated heterocycles. The molecule has 3 nitrogen and oxygen atoms in total. The van der Waals surface area contributed by atoms with Gasteiger partial charge in [-0.3, -0.25) is 4.79 Å². The predicted octanol–water partition coefficient (Wildman–Crippen LogP) is 3.31. The second kappa shape index (κ2) is 7.81. The van der Waals surface area contributed by atoms with E-state index in [2.05, 4.69) is 10.6 Å². The highest BCUT2D eigenvalue weighted by Gasteiger charge is 2.30. The van der Waals surface area contributed by atoms with E-state index in [9.17, 15) is 18.0 Å². The van der Waals surface area contributed by atoms with Gasteiger partial charge in [-0.2, -0.15) is 13.2 Å². The molecule has 1 amide bonds. The van der Waals surface area contributed by atoms with Crippen LogP contribution >= 0.6 is 0 Å². The summed E-state index contributed by atoms with van der Waals surface area (Å²) in [6.45, 7) is 4.43. The van der Waals surface area contributed by atoms with Gasteiger partial charge in [0.2, 0.25) is 5.91 Å². The number of amides is 1. The van der Waals surface area contributed by atoms with Gasteiger partial charge < -0.3 is 10.6 Å². The van der Waals surface area contributed by atoms with E-state index in [0.29, 0.717) is 18.0 Å². The molecule has 2 unspecified atom stereocenters. The molecule has 2 atom stereocenters. The standard InChI is InChI=1S/C17H23F3N2O/c1-12(14-3-2-4-15(10-14)17(18,19)20)9-16(23)22-8-6-13-5-7-21-11-13/h2-4,10,12-13,21H,5-9,11H2,1H3,(H,22,23). The lowest BCUT2D eigenvalue weighted by Gasteiger charge is -2.15. The molecule has 1 fully saturated rings. The molecule has 6 heteroatoms. The number of halogens is 3. The van der Waals surface area contributed by atoms with Crippen molar-refractivity contribution in [3.05, 3.63) is 35.4 Å². The van der Waals surface area contributed by atoms with E-state index in [1.165, 1.54) is 6.07 Å². The van der Waals surface area contributed by atoms with E-state index in [1.54, 1.807) is 13.0 Å². The maximum absolute atomic E-state index is 12.7. The lowest BCUT2D eigenvalue weighted by molar-refractivity contribution is -0.137. The molecule has 0 saturated carbocycles. The first-order valence-corrected chi connectivity index (χ1v) is 8.01. The second-order valence-electron chi connectivity index (χ2n) is 6.23. The number of nitrogens with one attached hydrogen (secondary N) is 2. The van der Waals surface area contributed by atoms with E-state index in [4.69, 9.17) is 0 Å². The minimum absolute atomic E-state index is 0.110. The normalized spacial score (nSPS) is 19.6. The zero-order valence-electron chi connectivity index (χ0n) is 13.2. The maximum Gasteiger partial charge on any atom is 0.416 e. The summed E-state index contributed by atoms with van der Waals surface area (Å²) in [4.78, 5) is 11.9. The molecule has 1 aliphatic heterocycles. The van der Waals surface area contributed by atoms with Crippen molar-refractivity contribution < 1.29 is 18.0 Å². The van der Waals surface area contributed by atoms with Crippen molar-refractivity contribution in [3.8, 4) is 0 Å². The SMILES string of the molecule is CC(CC(=O)NCCC1CCNC1)c1cccc(C(F)(F)F)c1. The topological polar surface area (TPSA) is 41.1 Å². The van der Waals surface area contributed by atoms with Gasteiger partial charge in [-0.05, 0) is 49.4 Å². The van der Waals surface area contributed by atoms with Gasteiger partial charge in [-0.1, -0.05) is 25.1 Å². The zero-order valence-corrected chi connectivity index (χ0v) is 13.2. The highest BCUT2D eigenvalue weighted by molar-refractivity contribution is 5.76. The summed E-state index contributed by atoms with van der Waals surface area (Å²) in [5, 5.41) is 6.14. The molecule has 1 aromatic carbocycles. The van der Waals surface area contributed by atoms with Crippen molar-refractivity contribution in [3.63, 3.8) is 0 Å². The van der Waals surface area contributed by atoms with Crippen molar-refractivity contribution in [2.45, 2.75) is 38.3 Å². The van der Waals surface area contributed by atoms with E-state index >= 15 is 0 Å². The Labute approximate surface area is 134 Å². The monoisotopic (exact) mass is 328 g/mol. The number of alkyl halides is 3. The van der Waals surface area contributed by atoms with Crippen molar-refractivity contribution in [2.75, 3.05) is 19.6 Å². The molecule has 1 aliphatic rings. The van der Waals surface area contributed by atoms with Crippen LogP contribution in [0.3, 0.4) is 0 Å². The van der Waals surface area contributed by atoms with Gasteiger partial charge in [0.15, 0.2) is 0 Å². The van der Waals surface area contributed by atoms with E-state index < -0.39 is 11.7 Å². The third-order valence-corrected chi connectivity index (χ3v) is 4.31. The van der Waals surface area contributed by atoms with Crippen molar-refractivity contribution in [2.24, 2.45) is 5.92 Å². The predicted molar refractivity (Wildman–Crippen MR) is 83.1 cm³/mol. The van der Waals surface area contributed by atoms with Crippen molar-refractivity contribution >= 4 is 5.91 Å². The summed E-state index contributed by atoms with van der Waals surface area (Å²) in [5.41, 5.74) is -0.133. The molecular formula is C17H23F3N2O. The lowest BCUT2D eigenvalue weighted by atomic mass is 9.95. The van der Waals surface area contributed by atoms with Crippen LogP contribution in [0.5, 0.6) is 0 Å². The molecule has 128 valence electrons. The van der Waals surface area contributed by atoms with Gasteiger partial charge in [-0.15, -0.1) is 0 Å². The van der Waals surface area contributed by atoms with Gasteiger partial charge in [0.05, 0.1) is 5.56 Å². The summed E-state index contributed by atoms with van der Waals surface area (Å²) < 4.78 is 38.2. The summed E-state index contributed by atoms with van der Waals surface area (Å²) in [6.07, 6.45) is -2.08. The number of carbonyl (C=O) groups excluding carboxylic acids is 1. The fourth-order valence-electron chi connectivity index (χ4n) is 2.87. The Bertz CT molecular complexity index is 525. The quantitative estimate of drug-likeness (QED) is 0.841. The smallest absolute Gasteiger partial charge is 0.356 e. The van der Waals surface area contributed by atoms with Gasteiger partial charge >= 0.3 is 6.18 Å². The largest absolute Gasteiger partial charge is 0.416 e. The Kier molecular flexibility index (Phi) is 6.04. The molecule has 1 aromatic rings. The molecular weight excluding hydrogens is 305 g/mol. The zero-order chi connectivity index (χ0) is 16.9. The number of hydrogen-bond acceptors (Lipinski definition) is 2. The van der Waals surface area contributed by atoms with Crippen LogP contribution in [-0.4, -0.2) is 25.5 Å². The summed E-state index contributed by atoms with van der Waals surface area (Å²) in [6, 6.07) is 5.20. The summed E-state index contributed by atoms with van der Waals surface area (Å²) >= 11 is 0. The lowest BCUT2D eigenvalue weighted by Crippen LogP contribution is -2.27. The third-order valence-electron chi connectivity index (χ3n) is 4.31. The summed E-state index contributed by atoms with van der Waals surface area (Å²) in [5.74, 6) is 0.252. The van der Waals surface area contributed by atoms with Crippen LogP contribution in [0.25, 0.3) is 0 Å². The third kappa shape index (κ3) is 5.53. The maximum atomic E-state index is 12.7. The molecule has 0 aliphatic carbocycles. The first-order chi connectivity index (χ1) is 10.9. The second-order valence-corrected chi connectivity index (χ2v) is 6.23. The van der Waals surface area contributed by atoms with Gasteiger partial charge in [-0.25, -0.2) is 0 Å². The van der Waals surface area contributed by atoms with Crippen LogP contribution in [0, 0.1) is 5.92 Å². The number of carbonyl (C=O) groups is 1. The Morgan fingerprint density at radius 2 is 2.22 bits per heavy atom. The molecule has 0 spiro atoms. The van der Waals surface area contributed by atoms with E-state index in [0.717, 1.165) is 38.1 Å². The Morgan fingerprint density at radius 1 is 1.43 bits per heavy atom. The van der Waals surface area contributed by atoms with Gasteiger partial charge in [0, 0.05) is 13.0 Å². The highest BCUT2D eigenvalue weighted by Crippen LogP contribution is 2.31. The molecule has 2 N–H and O–H groups in total. The number of benzene rings is 1. The van der Waals surface area contributed by atoms with Gasteiger partial charge in [0.25, 0.3) is 0 Å². The van der Waals surface area contributed by atoms with Crippen LogP contribution in [0.2, 0.25) is 0 Å². The Balaban J connectivity index is 1.81. The first-order valence-electron chi connectivity index (χ1n) is 8.01. The van der Waals surface area contributed by atoms with Crippen molar-refractivity contribution in [1.29, 1.82) is 0 Å². The molecule has 0 aromatic heterocycles. The van der Waals surface area contributed by atoms with E-state index in [-0.39, 0.29) is 18.2 Å². The highest BCUT2D eigenvalue weighted by atomic mass is 19.4. The van der Waals surface area contributed by atoms with Gasteiger partial charge in [0.1, 0.15) is 0 Å². The van der Waals surface area contributed by atoms with Crippen LogP contribution in [0.15, 0.2) is 24.3 Å². The molecule has 0 radical (unpaired) electrons. The van der Waals surface area contributed by atoms with Crippen LogP contribution < -0.4 is 10.6 Å². The Morgan fingerprint density at radius 3 is 2.87 bits per heavy atom. The molecule has 0 bridgehead atoms. The molecule has 2 rings (SSSR count). The molecule has 1 heterocycles. The fraction of sp³-hybridized carbons (Fsp3) is 0.588. The summed E-state index contributed by atoms with van der Waals surface area (Å²) in [7, 11) is 0. The fourth-order valence-corrected chi connectivity index (χ4v) is 2.87. The van der Waals surface area contributed by atoms with Crippen LogP contribution in [0.1, 0.15) is 43.2 Å². The minimum atomic E-state index is -4.35. The van der Waals surface area contributed by atoms with Crippen LogP contribution in [0.4, 0.5) is 13.2 Å². The average Bonchev–Trinajstić information content (AvgIpc) is 2.99. The minimum Gasteiger partial charge on any atom is -0.356 e.